The summed E-state index contributed by atoms with van der Waals surface area (Å²) in [6, 6.07) is 14.2. The zero-order chi connectivity index (χ0) is 19.2. The molecule has 27 heavy (non-hydrogen) atoms. The molecule has 0 saturated carbocycles. The molecule has 1 aromatic heterocycles. The fourth-order valence-corrected chi connectivity index (χ4v) is 2.44. The highest BCUT2D eigenvalue weighted by Gasteiger charge is 2.16. The van der Waals surface area contributed by atoms with Gasteiger partial charge in [-0.1, -0.05) is 28.9 Å². The number of likely N-dealkylation sites (N-methyl/N-ethyl adjacent to an activating group) is 1. The normalized spacial score (nSPS) is 10.5. The zero-order valence-corrected chi connectivity index (χ0v) is 15.6. The highest BCUT2D eigenvalue weighted by atomic mass is 35.5. The van der Waals surface area contributed by atoms with Gasteiger partial charge in [0.05, 0.1) is 13.7 Å². The van der Waals surface area contributed by atoms with Gasteiger partial charge in [-0.2, -0.15) is 4.98 Å². The summed E-state index contributed by atoms with van der Waals surface area (Å²) < 4.78 is 16.0. The van der Waals surface area contributed by atoms with Crippen LogP contribution in [0.3, 0.4) is 0 Å². The summed E-state index contributed by atoms with van der Waals surface area (Å²) in [7, 11) is 3.18. The molecule has 0 spiro atoms. The van der Waals surface area contributed by atoms with Crippen LogP contribution in [0.15, 0.2) is 53.1 Å². The standard InChI is InChI=1S/C19H18ClN3O4/c1-23(18(24)12-26-16-6-4-3-5-15(16)25-2)11-17-21-19(22-27-17)13-7-9-14(20)10-8-13/h3-10H,11-12H2,1-2H3. The van der Waals surface area contributed by atoms with Crippen molar-refractivity contribution in [2.45, 2.75) is 6.54 Å². The molecule has 0 atom stereocenters. The molecule has 3 aromatic rings. The van der Waals surface area contributed by atoms with Crippen molar-refractivity contribution in [1.29, 1.82) is 0 Å². The van der Waals surface area contributed by atoms with E-state index in [0.717, 1.165) is 5.56 Å². The van der Waals surface area contributed by atoms with Crippen LogP contribution in [0.5, 0.6) is 11.5 Å². The Balaban J connectivity index is 1.57. The number of aromatic nitrogens is 2. The van der Waals surface area contributed by atoms with E-state index in [1.54, 1.807) is 50.6 Å². The largest absolute Gasteiger partial charge is 0.493 e. The van der Waals surface area contributed by atoms with E-state index < -0.39 is 0 Å². The van der Waals surface area contributed by atoms with Crippen molar-refractivity contribution in [2.24, 2.45) is 0 Å². The van der Waals surface area contributed by atoms with Gasteiger partial charge in [0.1, 0.15) is 0 Å². The fourth-order valence-electron chi connectivity index (χ4n) is 2.31. The summed E-state index contributed by atoms with van der Waals surface area (Å²) in [6.07, 6.45) is 0. The molecule has 3 rings (SSSR count). The minimum atomic E-state index is -0.229. The van der Waals surface area contributed by atoms with Gasteiger partial charge in [-0.3, -0.25) is 4.79 Å². The van der Waals surface area contributed by atoms with Crippen LogP contribution in [-0.4, -0.2) is 41.7 Å². The molecule has 0 saturated heterocycles. The number of halogens is 1. The average Bonchev–Trinajstić information content (AvgIpc) is 3.15. The Kier molecular flexibility index (Phi) is 5.93. The number of amides is 1. The number of nitrogens with zero attached hydrogens (tertiary/aromatic N) is 3. The summed E-state index contributed by atoms with van der Waals surface area (Å²) in [5, 5.41) is 4.56. The van der Waals surface area contributed by atoms with Gasteiger partial charge < -0.3 is 18.9 Å². The van der Waals surface area contributed by atoms with E-state index in [9.17, 15) is 4.79 Å². The Hall–Kier alpha value is -3.06. The van der Waals surface area contributed by atoms with E-state index in [1.165, 1.54) is 4.90 Å². The molecule has 1 amide bonds. The van der Waals surface area contributed by atoms with E-state index in [4.69, 9.17) is 25.6 Å². The molecule has 0 N–H and O–H groups in total. The van der Waals surface area contributed by atoms with Crippen LogP contribution in [0, 0.1) is 0 Å². The maximum Gasteiger partial charge on any atom is 0.260 e. The highest BCUT2D eigenvalue weighted by molar-refractivity contribution is 6.30. The quantitative estimate of drug-likeness (QED) is 0.618. The van der Waals surface area contributed by atoms with Crippen LogP contribution in [0.1, 0.15) is 5.89 Å². The first-order valence-electron chi connectivity index (χ1n) is 8.15. The number of para-hydroxylation sites is 2. The first-order valence-corrected chi connectivity index (χ1v) is 8.53. The third kappa shape index (κ3) is 4.77. The Morgan fingerprint density at radius 1 is 1.15 bits per heavy atom. The van der Waals surface area contributed by atoms with Crippen molar-refractivity contribution in [2.75, 3.05) is 20.8 Å². The summed E-state index contributed by atoms with van der Waals surface area (Å²) in [6.45, 7) is 0.0454. The van der Waals surface area contributed by atoms with Crippen LogP contribution < -0.4 is 9.47 Å². The number of hydrogen-bond acceptors (Lipinski definition) is 6. The van der Waals surface area contributed by atoms with Crippen molar-refractivity contribution in [3.05, 3.63) is 59.4 Å². The predicted octanol–water partition coefficient (Wildman–Crippen LogP) is 3.44. The molecular formula is C19H18ClN3O4. The summed E-state index contributed by atoms with van der Waals surface area (Å²) in [4.78, 5) is 18.0. The van der Waals surface area contributed by atoms with Crippen LogP contribution in [0.4, 0.5) is 0 Å². The molecule has 0 radical (unpaired) electrons. The smallest absolute Gasteiger partial charge is 0.260 e. The number of carbonyl (C=O) groups is 1. The molecule has 0 aliphatic heterocycles. The molecule has 8 heteroatoms. The second kappa shape index (κ2) is 8.55. The van der Waals surface area contributed by atoms with Crippen LogP contribution >= 0.6 is 11.6 Å². The molecule has 0 aliphatic carbocycles. The van der Waals surface area contributed by atoms with E-state index in [0.29, 0.717) is 28.2 Å². The molecule has 0 unspecified atom stereocenters. The molecule has 0 bridgehead atoms. The van der Waals surface area contributed by atoms with Gasteiger partial charge in [-0.05, 0) is 36.4 Å². The second-order valence-electron chi connectivity index (χ2n) is 5.71. The topological polar surface area (TPSA) is 77.7 Å². The van der Waals surface area contributed by atoms with Gasteiger partial charge in [0.15, 0.2) is 18.1 Å². The average molecular weight is 388 g/mol. The molecule has 1 heterocycles. The maximum absolute atomic E-state index is 12.3. The number of methoxy groups -OCH3 is 1. The van der Waals surface area contributed by atoms with Crippen molar-refractivity contribution >= 4 is 17.5 Å². The van der Waals surface area contributed by atoms with Gasteiger partial charge in [0, 0.05) is 17.6 Å². The lowest BCUT2D eigenvalue weighted by atomic mass is 10.2. The second-order valence-corrected chi connectivity index (χ2v) is 6.14. The fraction of sp³-hybridized carbons (Fsp3) is 0.211. The number of ether oxygens (including phenoxy) is 2. The molecule has 140 valence electrons. The van der Waals surface area contributed by atoms with Gasteiger partial charge in [0.2, 0.25) is 11.7 Å². The van der Waals surface area contributed by atoms with E-state index in [1.807, 2.05) is 12.1 Å². The third-order valence-corrected chi connectivity index (χ3v) is 4.04. The van der Waals surface area contributed by atoms with E-state index in [2.05, 4.69) is 10.1 Å². The minimum Gasteiger partial charge on any atom is -0.493 e. The summed E-state index contributed by atoms with van der Waals surface area (Å²) >= 11 is 5.87. The molecule has 0 fully saturated rings. The van der Waals surface area contributed by atoms with Gasteiger partial charge in [-0.25, -0.2) is 0 Å². The molecule has 7 nitrogen and oxygen atoms in total. The number of hydrogen-bond donors (Lipinski definition) is 0. The number of rotatable bonds is 7. The Morgan fingerprint density at radius 3 is 2.56 bits per heavy atom. The molecular weight excluding hydrogens is 370 g/mol. The third-order valence-electron chi connectivity index (χ3n) is 3.79. The van der Waals surface area contributed by atoms with Gasteiger partial charge in [-0.15, -0.1) is 0 Å². The summed E-state index contributed by atoms with van der Waals surface area (Å²) in [5.74, 6) is 1.61. The Labute approximate surface area is 161 Å². The first-order chi connectivity index (χ1) is 13.1. The SMILES string of the molecule is COc1ccccc1OCC(=O)N(C)Cc1nc(-c2ccc(Cl)cc2)no1. The van der Waals surface area contributed by atoms with E-state index in [-0.39, 0.29) is 19.1 Å². The van der Waals surface area contributed by atoms with Crippen molar-refractivity contribution in [3.63, 3.8) is 0 Å². The van der Waals surface area contributed by atoms with Crippen molar-refractivity contribution in [3.8, 4) is 22.9 Å². The summed E-state index contributed by atoms with van der Waals surface area (Å²) in [5.41, 5.74) is 0.780. The van der Waals surface area contributed by atoms with Gasteiger partial charge in [0.25, 0.3) is 5.91 Å². The zero-order valence-electron chi connectivity index (χ0n) is 14.9. The molecule has 2 aromatic carbocycles. The van der Waals surface area contributed by atoms with Crippen LogP contribution in [-0.2, 0) is 11.3 Å². The number of carbonyl (C=O) groups excluding carboxylic acids is 1. The van der Waals surface area contributed by atoms with Crippen molar-refractivity contribution < 1.29 is 18.8 Å². The number of benzene rings is 2. The van der Waals surface area contributed by atoms with Crippen LogP contribution in [0.25, 0.3) is 11.4 Å². The lowest BCUT2D eigenvalue weighted by Gasteiger charge is -2.16. The lowest BCUT2D eigenvalue weighted by molar-refractivity contribution is -0.132. The lowest BCUT2D eigenvalue weighted by Crippen LogP contribution is -2.31. The monoisotopic (exact) mass is 387 g/mol. The van der Waals surface area contributed by atoms with E-state index >= 15 is 0 Å². The minimum absolute atomic E-state index is 0.130. The Morgan fingerprint density at radius 2 is 1.85 bits per heavy atom. The van der Waals surface area contributed by atoms with Crippen LogP contribution in [0.2, 0.25) is 5.02 Å². The first kappa shape index (κ1) is 18.7. The molecule has 0 aliphatic rings. The maximum atomic E-state index is 12.3. The predicted molar refractivity (Wildman–Crippen MR) is 99.7 cm³/mol. The Bertz CT molecular complexity index is 911. The highest BCUT2D eigenvalue weighted by Crippen LogP contribution is 2.25. The van der Waals surface area contributed by atoms with Crippen molar-refractivity contribution in [1.82, 2.24) is 15.0 Å². The van der Waals surface area contributed by atoms with Gasteiger partial charge >= 0.3 is 0 Å².